The van der Waals surface area contributed by atoms with Gasteiger partial charge in [0, 0.05) is 24.5 Å². The van der Waals surface area contributed by atoms with Crippen molar-refractivity contribution < 1.29 is 19.1 Å². The van der Waals surface area contributed by atoms with Crippen LogP contribution in [0, 0.1) is 5.92 Å². The van der Waals surface area contributed by atoms with E-state index in [4.69, 9.17) is 9.47 Å². The van der Waals surface area contributed by atoms with Crippen molar-refractivity contribution in [3.63, 3.8) is 0 Å². The monoisotopic (exact) mass is 456 g/mol. The van der Waals surface area contributed by atoms with Crippen molar-refractivity contribution in [3.8, 4) is 11.4 Å². The summed E-state index contributed by atoms with van der Waals surface area (Å²) in [6.07, 6.45) is 6.46. The lowest BCUT2D eigenvalue weighted by atomic mass is 9.82. The molecule has 0 unspecified atom stereocenters. The molecule has 1 aliphatic carbocycles. The number of esters is 1. The Balaban J connectivity index is 1.29. The molecule has 2 heterocycles. The van der Waals surface area contributed by atoms with Crippen molar-refractivity contribution in [2.24, 2.45) is 5.92 Å². The van der Waals surface area contributed by atoms with Gasteiger partial charge in [0.25, 0.3) is 5.91 Å². The van der Waals surface area contributed by atoms with Gasteiger partial charge in [0.05, 0.1) is 35.9 Å². The third-order valence-corrected chi connectivity index (χ3v) is 6.18. The highest BCUT2D eigenvalue weighted by Gasteiger charge is 2.36. The number of fused-ring (bicyclic) bond motifs is 1. The number of amides is 1. The van der Waals surface area contributed by atoms with Gasteiger partial charge < -0.3 is 14.4 Å². The summed E-state index contributed by atoms with van der Waals surface area (Å²) in [4.78, 5) is 34.6. The van der Waals surface area contributed by atoms with Gasteiger partial charge in [0.1, 0.15) is 18.2 Å². The van der Waals surface area contributed by atoms with E-state index in [0.29, 0.717) is 18.4 Å². The number of carbonyl (C=O) groups excluding carboxylic acids is 2. The van der Waals surface area contributed by atoms with Crippen LogP contribution < -0.4 is 9.64 Å². The number of carbonyl (C=O) groups is 2. The SMILES string of the molecule is COC(=O)C1CC(Oc2ccc(-n3cnc4cc(C(=O)N(C)c5cccnc5)ccc43)cc2)C1. The summed E-state index contributed by atoms with van der Waals surface area (Å²) < 4.78 is 12.7. The molecule has 8 heteroatoms. The van der Waals surface area contributed by atoms with Gasteiger partial charge in [0.15, 0.2) is 0 Å². The van der Waals surface area contributed by atoms with Crippen LogP contribution in [0.5, 0.6) is 5.75 Å². The highest BCUT2D eigenvalue weighted by Crippen LogP contribution is 2.32. The van der Waals surface area contributed by atoms with Crippen LogP contribution in [-0.2, 0) is 9.53 Å². The van der Waals surface area contributed by atoms with E-state index < -0.39 is 0 Å². The van der Waals surface area contributed by atoms with Gasteiger partial charge in [0.2, 0.25) is 0 Å². The van der Waals surface area contributed by atoms with Gasteiger partial charge in [-0.25, -0.2) is 4.98 Å². The molecule has 2 aromatic carbocycles. The van der Waals surface area contributed by atoms with E-state index in [0.717, 1.165) is 28.2 Å². The first-order valence-corrected chi connectivity index (χ1v) is 11.0. The molecule has 1 saturated carbocycles. The number of methoxy groups -OCH3 is 1. The summed E-state index contributed by atoms with van der Waals surface area (Å²) in [6.45, 7) is 0. The van der Waals surface area contributed by atoms with Crippen molar-refractivity contribution in [3.05, 3.63) is 78.9 Å². The summed E-state index contributed by atoms with van der Waals surface area (Å²) >= 11 is 0. The number of nitrogens with zero attached hydrogens (tertiary/aromatic N) is 4. The number of ether oxygens (including phenoxy) is 2. The predicted octanol–water partition coefficient (Wildman–Crippen LogP) is 4.03. The van der Waals surface area contributed by atoms with Crippen LogP contribution in [0.4, 0.5) is 5.69 Å². The molecule has 0 atom stereocenters. The second-order valence-electron chi connectivity index (χ2n) is 8.32. The molecule has 34 heavy (non-hydrogen) atoms. The standard InChI is InChI=1S/C26H24N4O4/c1-29(20-4-3-11-27-15-20)25(31)17-5-10-24-23(14-17)28-16-30(24)19-6-8-21(9-7-19)34-22-12-18(13-22)26(32)33-2/h3-11,14-16,18,22H,12-13H2,1-2H3. The normalized spacial score (nSPS) is 17.1. The molecular formula is C26H24N4O4. The third-order valence-electron chi connectivity index (χ3n) is 6.18. The number of benzene rings is 2. The van der Waals surface area contributed by atoms with Crippen LogP contribution >= 0.6 is 0 Å². The lowest BCUT2D eigenvalue weighted by Gasteiger charge is -2.33. The first-order valence-electron chi connectivity index (χ1n) is 11.0. The number of imidazole rings is 1. The lowest BCUT2D eigenvalue weighted by Crippen LogP contribution is -2.38. The van der Waals surface area contributed by atoms with Crippen LogP contribution in [-0.4, -0.2) is 46.7 Å². The van der Waals surface area contributed by atoms with E-state index in [1.807, 2.05) is 47.0 Å². The maximum absolute atomic E-state index is 12.9. The Hall–Kier alpha value is -4.20. The zero-order valence-corrected chi connectivity index (χ0v) is 18.9. The van der Waals surface area contributed by atoms with Crippen molar-refractivity contribution in [2.45, 2.75) is 18.9 Å². The molecule has 1 aliphatic rings. The summed E-state index contributed by atoms with van der Waals surface area (Å²) in [5.74, 6) is 0.396. The number of rotatable bonds is 6. The number of hydrogen-bond acceptors (Lipinski definition) is 6. The smallest absolute Gasteiger partial charge is 0.308 e. The molecule has 1 fully saturated rings. The summed E-state index contributed by atoms with van der Waals surface area (Å²) in [6, 6.07) is 16.9. The van der Waals surface area contributed by atoms with Crippen LogP contribution in [0.1, 0.15) is 23.2 Å². The molecule has 0 aliphatic heterocycles. The molecule has 5 rings (SSSR count). The predicted molar refractivity (Wildman–Crippen MR) is 127 cm³/mol. The number of pyridine rings is 1. The highest BCUT2D eigenvalue weighted by molar-refractivity contribution is 6.07. The minimum absolute atomic E-state index is 0.0322. The Morgan fingerprint density at radius 1 is 1.09 bits per heavy atom. The van der Waals surface area contributed by atoms with Crippen molar-refractivity contribution in [2.75, 3.05) is 19.1 Å². The topological polar surface area (TPSA) is 86.5 Å². The van der Waals surface area contributed by atoms with E-state index in [1.54, 1.807) is 42.8 Å². The van der Waals surface area contributed by atoms with E-state index in [1.165, 1.54) is 7.11 Å². The fourth-order valence-electron chi connectivity index (χ4n) is 4.11. The zero-order valence-electron chi connectivity index (χ0n) is 18.9. The third kappa shape index (κ3) is 4.10. The highest BCUT2D eigenvalue weighted by atomic mass is 16.5. The molecule has 0 bridgehead atoms. The minimum atomic E-state index is -0.171. The van der Waals surface area contributed by atoms with Gasteiger partial charge in [-0.3, -0.25) is 19.1 Å². The summed E-state index contributed by atoms with van der Waals surface area (Å²) in [7, 11) is 3.14. The Morgan fingerprint density at radius 3 is 2.59 bits per heavy atom. The van der Waals surface area contributed by atoms with Crippen molar-refractivity contribution in [1.82, 2.24) is 14.5 Å². The van der Waals surface area contributed by atoms with Gasteiger partial charge in [-0.05, 0) is 67.4 Å². The van der Waals surface area contributed by atoms with Crippen LogP contribution in [0.25, 0.3) is 16.7 Å². The first-order chi connectivity index (χ1) is 16.5. The molecule has 8 nitrogen and oxygen atoms in total. The van der Waals surface area contributed by atoms with Crippen LogP contribution in [0.15, 0.2) is 73.3 Å². The average molecular weight is 457 g/mol. The van der Waals surface area contributed by atoms with Crippen molar-refractivity contribution in [1.29, 1.82) is 0 Å². The number of aromatic nitrogens is 3. The number of hydrogen-bond donors (Lipinski definition) is 0. The van der Waals surface area contributed by atoms with Crippen LogP contribution in [0.2, 0.25) is 0 Å². The average Bonchev–Trinajstić information content (AvgIpc) is 3.29. The van der Waals surface area contributed by atoms with E-state index >= 15 is 0 Å². The fourth-order valence-corrected chi connectivity index (χ4v) is 4.11. The quantitative estimate of drug-likeness (QED) is 0.407. The molecule has 0 spiro atoms. The summed E-state index contributed by atoms with van der Waals surface area (Å²) in [5, 5.41) is 0. The van der Waals surface area contributed by atoms with Crippen molar-refractivity contribution >= 4 is 28.6 Å². The largest absolute Gasteiger partial charge is 0.490 e. The zero-order chi connectivity index (χ0) is 23.7. The number of anilines is 1. The molecule has 0 radical (unpaired) electrons. The van der Waals surface area contributed by atoms with E-state index in [2.05, 4.69) is 9.97 Å². The summed E-state index contributed by atoms with van der Waals surface area (Å²) in [5.41, 5.74) is 3.84. The Kier molecular flexibility index (Phi) is 5.71. The molecule has 4 aromatic rings. The molecule has 0 N–H and O–H groups in total. The lowest BCUT2D eigenvalue weighted by molar-refractivity contribution is -0.151. The molecule has 0 saturated heterocycles. The fraction of sp³-hybridized carbons (Fsp3) is 0.231. The maximum Gasteiger partial charge on any atom is 0.308 e. The van der Waals surface area contributed by atoms with E-state index in [9.17, 15) is 9.59 Å². The molecule has 2 aromatic heterocycles. The van der Waals surface area contributed by atoms with E-state index in [-0.39, 0.29) is 23.9 Å². The first kappa shape index (κ1) is 21.6. The molecule has 1 amide bonds. The van der Waals surface area contributed by atoms with Gasteiger partial charge in [-0.2, -0.15) is 0 Å². The Morgan fingerprint density at radius 2 is 1.88 bits per heavy atom. The second kappa shape index (κ2) is 8.97. The van der Waals surface area contributed by atoms with Gasteiger partial charge in [-0.15, -0.1) is 0 Å². The molecular weight excluding hydrogens is 432 g/mol. The Bertz CT molecular complexity index is 1330. The second-order valence-corrected chi connectivity index (χ2v) is 8.32. The van der Waals surface area contributed by atoms with Gasteiger partial charge in [-0.1, -0.05) is 0 Å². The molecule has 172 valence electrons. The minimum Gasteiger partial charge on any atom is -0.490 e. The Labute approximate surface area is 196 Å². The van der Waals surface area contributed by atoms with Crippen LogP contribution in [0.3, 0.4) is 0 Å². The van der Waals surface area contributed by atoms with Gasteiger partial charge >= 0.3 is 5.97 Å². The maximum atomic E-state index is 12.9.